The van der Waals surface area contributed by atoms with Crippen LogP contribution < -0.4 is 19.5 Å². The van der Waals surface area contributed by atoms with Gasteiger partial charge in [0.2, 0.25) is 16.8 Å². The fourth-order valence-corrected chi connectivity index (χ4v) is 3.44. The maximum Gasteiger partial charge on any atom is 0.251 e. The first-order valence-corrected chi connectivity index (χ1v) is 9.35. The monoisotopic (exact) mass is 374 g/mol. The van der Waals surface area contributed by atoms with Crippen molar-refractivity contribution in [3.8, 4) is 11.5 Å². The van der Waals surface area contributed by atoms with Gasteiger partial charge < -0.3 is 14.8 Å². The molecule has 136 valence electrons. The number of fused-ring (bicyclic) bond motifs is 1. The second-order valence-electron chi connectivity index (χ2n) is 5.54. The zero-order chi connectivity index (χ0) is 18.6. The van der Waals surface area contributed by atoms with Crippen molar-refractivity contribution < 1.29 is 22.7 Å². The first-order valence-electron chi connectivity index (χ1n) is 7.87. The lowest BCUT2D eigenvalue weighted by Crippen LogP contribution is -2.25. The van der Waals surface area contributed by atoms with Crippen LogP contribution >= 0.6 is 0 Å². The minimum atomic E-state index is -3.68. The highest BCUT2D eigenvalue weighted by atomic mass is 32.2. The molecule has 2 aromatic rings. The first kappa shape index (κ1) is 18.0. The van der Waals surface area contributed by atoms with E-state index < -0.39 is 10.0 Å². The molecule has 1 aliphatic heterocycles. The topological polar surface area (TPSA) is 93.7 Å². The van der Waals surface area contributed by atoms with E-state index in [1.165, 1.54) is 24.3 Å². The average Bonchev–Trinajstić information content (AvgIpc) is 3.12. The molecule has 0 fully saturated rings. The molecule has 2 N–H and O–H groups in total. The zero-order valence-electron chi connectivity index (χ0n) is 13.9. The molecule has 0 saturated carbocycles. The maximum atomic E-state index is 12.3. The van der Waals surface area contributed by atoms with Gasteiger partial charge in [-0.15, -0.1) is 6.58 Å². The van der Waals surface area contributed by atoms with Gasteiger partial charge in [-0.05, 0) is 35.9 Å². The number of carbonyl (C=O) groups is 1. The summed E-state index contributed by atoms with van der Waals surface area (Å²) in [5.41, 5.74) is 1.10. The number of hydrogen-bond donors (Lipinski definition) is 2. The van der Waals surface area contributed by atoms with Gasteiger partial charge in [0.1, 0.15) is 0 Å². The third-order valence-electron chi connectivity index (χ3n) is 3.71. The van der Waals surface area contributed by atoms with Crippen molar-refractivity contribution >= 4 is 15.9 Å². The molecule has 0 radical (unpaired) electrons. The maximum absolute atomic E-state index is 12.3. The van der Waals surface area contributed by atoms with Gasteiger partial charge in [0.05, 0.1) is 4.90 Å². The minimum absolute atomic E-state index is 0.0232. The van der Waals surface area contributed by atoms with E-state index >= 15 is 0 Å². The first-order chi connectivity index (χ1) is 12.5. The van der Waals surface area contributed by atoms with E-state index in [1.807, 2.05) is 6.07 Å². The van der Waals surface area contributed by atoms with Gasteiger partial charge in [0, 0.05) is 18.7 Å². The Balaban J connectivity index is 1.68. The molecule has 7 nitrogen and oxygen atoms in total. The third kappa shape index (κ3) is 4.04. The molecule has 0 aromatic heterocycles. The number of sulfonamides is 1. The molecule has 1 aliphatic rings. The van der Waals surface area contributed by atoms with Crippen LogP contribution in [-0.4, -0.2) is 27.7 Å². The van der Waals surface area contributed by atoms with E-state index in [2.05, 4.69) is 16.6 Å². The normalized spacial score (nSPS) is 12.6. The lowest BCUT2D eigenvalue weighted by atomic mass is 10.2. The Bertz CT molecular complexity index is 940. The Labute approximate surface area is 151 Å². The second-order valence-corrected chi connectivity index (χ2v) is 7.31. The zero-order valence-corrected chi connectivity index (χ0v) is 14.7. The van der Waals surface area contributed by atoms with Crippen molar-refractivity contribution in [3.05, 3.63) is 66.2 Å². The third-order valence-corrected chi connectivity index (χ3v) is 5.14. The Morgan fingerprint density at radius 3 is 2.77 bits per heavy atom. The molecule has 26 heavy (non-hydrogen) atoms. The minimum Gasteiger partial charge on any atom is -0.454 e. The lowest BCUT2D eigenvalue weighted by molar-refractivity contribution is 0.0950. The van der Waals surface area contributed by atoms with Gasteiger partial charge in [0.25, 0.3) is 5.91 Å². The Kier molecular flexibility index (Phi) is 5.24. The summed E-state index contributed by atoms with van der Waals surface area (Å²) in [7, 11) is -3.68. The molecule has 2 aromatic carbocycles. The van der Waals surface area contributed by atoms with Crippen molar-refractivity contribution in [2.24, 2.45) is 0 Å². The van der Waals surface area contributed by atoms with E-state index in [-0.39, 0.29) is 36.2 Å². The number of carbonyl (C=O) groups excluding carboxylic acids is 1. The van der Waals surface area contributed by atoms with E-state index in [4.69, 9.17) is 9.47 Å². The molecule has 0 spiro atoms. The molecular formula is C18H18N2O5S. The highest BCUT2D eigenvalue weighted by Crippen LogP contribution is 2.32. The van der Waals surface area contributed by atoms with Gasteiger partial charge in [-0.3, -0.25) is 4.79 Å². The second kappa shape index (κ2) is 7.59. The number of hydrogen-bond acceptors (Lipinski definition) is 5. The summed E-state index contributed by atoms with van der Waals surface area (Å²) < 4.78 is 37.2. The number of nitrogens with one attached hydrogen (secondary N) is 2. The summed E-state index contributed by atoms with van der Waals surface area (Å²) in [4.78, 5) is 12.4. The van der Waals surface area contributed by atoms with Crippen molar-refractivity contribution in [2.45, 2.75) is 11.4 Å². The van der Waals surface area contributed by atoms with Crippen LogP contribution in [0, 0.1) is 0 Å². The van der Waals surface area contributed by atoms with Crippen molar-refractivity contribution in [1.29, 1.82) is 0 Å². The van der Waals surface area contributed by atoms with Crippen molar-refractivity contribution in [3.63, 3.8) is 0 Å². The molecule has 8 heteroatoms. The van der Waals surface area contributed by atoms with E-state index in [1.54, 1.807) is 18.2 Å². The highest BCUT2D eigenvalue weighted by Gasteiger charge is 2.16. The summed E-state index contributed by atoms with van der Waals surface area (Å²) in [6, 6.07) is 11.2. The molecular weight excluding hydrogens is 356 g/mol. The van der Waals surface area contributed by atoms with E-state index in [0.29, 0.717) is 11.5 Å². The SMILES string of the molecule is C=CCNS(=O)(=O)c1cccc(C(=O)NCc2ccc3c(c2)OCO3)c1. The van der Waals surface area contributed by atoms with Crippen LogP contribution in [0.4, 0.5) is 0 Å². The molecule has 0 aliphatic carbocycles. The smallest absolute Gasteiger partial charge is 0.251 e. The molecule has 1 amide bonds. The number of benzene rings is 2. The van der Waals surface area contributed by atoms with Crippen molar-refractivity contribution in [1.82, 2.24) is 10.0 Å². The molecule has 0 saturated heterocycles. The Morgan fingerprint density at radius 1 is 1.15 bits per heavy atom. The quantitative estimate of drug-likeness (QED) is 0.721. The molecule has 0 unspecified atom stereocenters. The standard InChI is InChI=1S/C18H18N2O5S/c1-2-8-20-26(22,23)15-5-3-4-14(10-15)18(21)19-11-13-6-7-16-17(9-13)25-12-24-16/h2-7,9-10,20H,1,8,11-12H2,(H,19,21). The van der Waals surface area contributed by atoms with Crippen LogP contribution in [0.5, 0.6) is 11.5 Å². The molecule has 0 bridgehead atoms. The summed E-state index contributed by atoms with van der Waals surface area (Å²) in [5, 5.41) is 2.76. The molecule has 1 heterocycles. The van der Waals surface area contributed by atoms with Crippen LogP contribution in [0.1, 0.15) is 15.9 Å². The van der Waals surface area contributed by atoms with Crippen molar-refractivity contribution in [2.75, 3.05) is 13.3 Å². The van der Waals surface area contributed by atoms with Crippen LogP contribution in [0.15, 0.2) is 60.0 Å². The predicted molar refractivity (Wildman–Crippen MR) is 95.6 cm³/mol. The Hall–Kier alpha value is -2.84. The molecule has 0 atom stereocenters. The lowest BCUT2D eigenvalue weighted by Gasteiger charge is -2.09. The summed E-state index contributed by atoms with van der Waals surface area (Å²) in [6.45, 7) is 4.05. The van der Waals surface area contributed by atoms with Crippen LogP contribution in [0.25, 0.3) is 0 Å². The van der Waals surface area contributed by atoms with Crippen LogP contribution in [0.3, 0.4) is 0 Å². The van der Waals surface area contributed by atoms with E-state index in [0.717, 1.165) is 5.56 Å². The van der Waals surface area contributed by atoms with Crippen LogP contribution in [0.2, 0.25) is 0 Å². The fourth-order valence-electron chi connectivity index (χ4n) is 2.39. The number of rotatable bonds is 7. The van der Waals surface area contributed by atoms with Gasteiger partial charge in [0.15, 0.2) is 11.5 Å². The Morgan fingerprint density at radius 2 is 1.96 bits per heavy atom. The number of ether oxygens (including phenoxy) is 2. The van der Waals surface area contributed by atoms with Gasteiger partial charge in [-0.1, -0.05) is 18.2 Å². The fraction of sp³-hybridized carbons (Fsp3) is 0.167. The van der Waals surface area contributed by atoms with Gasteiger partial charge in [-0.25, -0.2) is 13.1 Å². The van der Waals surface area contributed by atoms with Gasteiger partial charge >= 0.3 is 0 Å². The summed E-state index contributed by atoms with van der Waals surface area (Å²) >= 11 is 0. The average molecular weight is 374 g/mol. The predicted octanol–water partition coefficient (Wildman–Crippen LogP) is 1.81. The summed E-state index contributed by atoms with van der Waals surface area (Å²) in [6.07, 6.45) is 1.44. The largest absolute Gasteiger partial charge is 0.454 e. The highest BCUT2D eigenvalue weighted by molar-refractivity contribution is 7.89. The summed E-state index contributed by atoms with van der Waals surface area (Å²) in [5.74, 6) is 0.937. The van der Waals surface area contributed by atoms with Gasteiger partial charge in [-0.2, -0.15) is 0 Å². The molecule has 3 rings (SSSR count). The number of amides is 1. The van der Waals surface area contributed by atoms with Crippen LogP contribution in [-0.2, 0) is 16.6 Å². The van der Waals surface area contributed by atoms with E-state index in [9.17, 15) is 13.2 Å².